The Morgan fingerprint density at radius 1 is 1.73 bits per heavy atom. The molecule has 0 radical (unpaired) electrons. The summed E-state index contributed by atoms with van der Waals surface area (Å²) in [6.45, 7) is 2.99. The molecule has 0 aliphatic rings. The highest BCUT2D eigenvalue weighted by molar-refractivity contribution is 7.91. The zero-order valence-corrected chi connectivity index (χ0v) is 8.36. The van der Waals surface area contributed by atoms with Crippen molar-refractivity contribution in [3.63, 3.8) is 0 Å². The molecule has 11 heavy (non-hydrogen) atoms. The molecule has 0 amide bonds. The standard InChI is InChI=1S/C5H13O4PS/c1-3-11(8)5-4-9-10(2,6)7/h3-5H2,1-2H3,(H,6,7). The third-order valence-corrected chi connectivity index (χ3v) is 2.89. The van der Waals surface area contributed by atoms with Gasteiger partial charge in [-0.25, -0.2) is 0 Å². The smallest absolute Gasteiger partial charge is 0.325 e. The molecule has 0 aromatic rings. The van der Waals surface area contributed by atoms with Gasteiger partial charge >= 0.3 is 7.60 Å². The molecule has 1 N–H and O–H groups in total. The molecule has 0 heterocycles. The Labute approximate surface area is 69.7 Å². The molecule has 68 valence electrons. The Hall–Kier alpha value is 0.460. The van der Waals surface area contributed by atoms with Crippen LogP contribution in [-0.4, -0.2) is 34.2 Å². The van der Waals surface area contributed by atoms with Crippen molar-refractivity contribution in [3.8, 4) is 0 Å². The van der Waals surface area contributed by atoms with Gasteiger partial charge in [-0.2, -0.15) is 0 Å². The van der Waals surface area contributed by atoms with Gasteiger partial charge in [0.15, 0.2) is 0 Å². The fourth-order valence-corrected chi connectivity index (χ4v) is 1.56. The maximum atomic E-state index is 10.8. The number of rotatable bonds is 5. The van der Waals surface area contributed by atoms with Crippen LogP contribution >= 0.6 is 7.60 Å². The van der Waals surface area contributed by atoms with E-state index in [0.717, 1.165) is 6.66 Å². The fourth-order valence-electron chi connectivity index (χ4n) is 0.444. The van der Waals surface area contributed by atoms with Gasteiger partial charge in [-0.15, -0.1) is 0 Å². The summed E-state index contributed by atoms with van der Waals surface area (Å²) >= 11 is -0.919. The van der Waals surface area contributed by atoms with Gasteiger partial charge < -0.3 is 14.0 Å². The van der Waals surface area contributed by atoms with Gasteiger partial charge in [-0.05, 0) is 6.92 Å². The van der Waals surface area contributed by atoms with Crippen LogP contribution in [0.1, 0.15) is 6.92 Å². The second kappa shape index (κ2) is 5.17. The van der Waals surface area contributed by atoms with E-state index in [4.69, 9.17) is 4.89 Å². The van der Waals surface area contributed by atoms with Crippen molar-refractivity contribution in [2.75, 3.05) is 24.8 Å². The normalized spacial score (nSPS) is 19.3. The summed E-state index contributed by atoms with van der Waals surface area (Å²) in [5.41, 5.74) is 0. The third kappa shape index (κ3) is 8.37. The first kappa shape index (κ1) is 11.5. The van der Waals surface area contributed by atoms with Gasteiger partial charge in [0.05, 0.1) is 0 Å². The maximum Gasteiger partial charge on any atom is 0.325 e. The average Bonchev–Trinajstić information content (AvgIpc) is 1.85. The first-order valence-corrected chi connectivity index (χ1v) is 6.76. The van der Waals surface area contributed by atoms with Gasteiger partial charge in [0, 0.05) is 6.66 Å². The Morgan fingerprint density at radius 3 is 2.64 bits per heavy atom. The molecule has 0 bridgehead atoms. The first-order valence-electron chi connectivity index (χ1n) is 3.25. The largest absolute Gasteiger partial charge is 0.616 e. The lowest BCUT2D eigenvalue weighted by Crippen LogP contribution is -2.13. The van der Waals surface area contributed by atoms with Crippen LogP contribution in [0.4, 0.5) is 0 Å². The van der Waals surface area contributed by atoms with E-state index in [-0.39, 0.29) is 6.61 Å². The zero-order chi connectivity index (χ0) is 8.91. The van der Waals surface area contributed by atoms with Crippen molar-refractivity contribution in [1.29, 1.82) is 0 Å². The lowest BCUT2D eigenvalue weighted by atomic mass is 10.9. The second-order valence-electron chi connectivity index (χ2n) is 2.07. The topological polar surface area (TPSA) is 69.6 Å². The van der Waals surface area contributed by atoms with Crippen LogP contribution < -0.4 is 0 Å². The monoisotopic (exact) mass is 200 g/mol. The van der Waals surface area contributed by atoms with Crippen molar-refractivity contribution < 1.29 is 18.5 Å². The summed E-state index contributed by atoms with van der Waals surface area (Å²) in [6, 6.07) is 0. The molecule has 0 spiro atoms. The van der Waals surface area contributed by atoms with E-state index in [9.17, 15) is 9.12 Å². The van der Waals surface area contributed by atoms with Gasteiger partial charge in [0.25, 0.3) is 0 Å². The SMILES string of the molecule is CC[S+]([O-])CCOP(C)(=O)O. The second-order valence-corrected chi connectivity index (χ2v) is 5.80. The molecule has 2 atom stereocenters. The van der Waals surface area contributed by atoms with Gasteiger partial charge in [-0.1, -0.05) is 11.2 Å². The van der Waals surface area contributed by atoms with E-state index in [1.54, 1.807) is 6.92 Å². The van der Waals surface area contributed by atoms with E-state index < -0.39 is 18.8 Å². The molecule has 0 rings (SSSR count). The first-order chi connectivity index (χ1) is 4.95. The summed E-state index contributed by atoms with van der Waals surface area (Å²) in [5.74, 6) is 0.887. The number of hydrogen-bond acceptors (Lipinski definition) is 3. The third-order valence-electron chi connectivity index (χ3n) is 0.964. The summed E-state index contributed by atoms with van der Waals surface area (Å²) in [4.78, 5) is 8.64. The highest BCUT2D eigenvalue weighted by Crippen LogP contribution is 2.35. The minimum atomic E-state index is -3.37. The average molecular weight is 200 g/mol. The Morgan fingerprint density at radius 2 is 2.27 bits per heavy atom. The maximum absolute atomic E-state index is 10.8. The summed E-state index contributed by atoms with van der Waals surface area (Å²) < 4.78 is 25.8. The van der Waals surface area contributed by atoms with E-state index >= 15 is 0 Å². The van der Waals surface area contributed by atoms with Crippen LogP contribution in [0.2, 0.25) is 0 Å². The van der Waals surface area contributed by atoms with Gasteiger partial charge in [0.2, 0.25) is 0 Å². The van der Waals surface area contributed by atoms with Crippen molar-refractivity contribution in [3.05, 3.63) is 0 Å². The van der Waals surface area contributed by atoms with Gasteiger partial charge in [0.1, 0.15) is 18.1 Å². The lowest BCUT2D eigenvalue weighted by Gasteiger charge is -2.09. The Bertz CT molecular complexity index is 145. The number of hydrogen-bond donors (Lipinski definition) is 1. The predicted molar refractivity (Wildman–Crippen MR) is 45.3 cm³/mol. The molecular formula is C5H13O4PS. The van der Waals surface area contributed by atoms with Crippen LogP contribution in [0.25, 0.3) is 0 Å². The van der Waals surface area contributed by atoms with E-state index in [0.29, 0.717) is 11.5 Å². The lowest BCUT2D eigenvalue weighted by molar-refractivity contribution is 0.280. The van der Waals surface area contributed by atoms with Crippen LogP contribution in [0.5, 0.6) is 0 Å². The Balaban J connectivity index is 3.35. The summed E-state index contributed by atoms with van der Waals surface area (Å²) in [7, 11) is -3.37. The van der Waals surface area contributed by atoms with E-state index in [1.807, 2.05) is 0 Å². The van der Waals surface area contributed by atoms with E-state index in [1.165, 1.54) is 0 Å². The van der Waals surface area contributed by atoms with Crippen molar-refractivity contribution >= 4 is 18.8 Å². The predicted octanol–water partition coefficient (Wildman–Crippen LogP) is 0.587. The molecule has 0 saturated carbocycles. The zero-order valence-electron chi connectivity index (χ0n) is 6.65. The highest BCUT2D eigenvalue weighted by atomic mass is 32.2. The van der Waals surface area contributed by atoms with Crippen molar-refractivity contribution in [1.82, 2.24) is 0 Å². The Kier molecular flexibility index (Phi) is 5.38. The molecule has 0 fully saturated rings. The molecule has 0 aromatic heterocycles. The van der Waals surface area contributed by atoms with E-state index in [2.05, 4.69) is 4.52 Å². The molecule has 0 saturated heterocycles. The van der Waals surface area contributed by atoms with Crippen LogP contribution in [0, 0.1) is 0 Å². The molecule has 0 aliphatic carbocycles. The molecular weight excluding hydrogens is 187 g/mol. The fraction of sp³-hybridized carbons (Fsp3) is 1.00. The van der Waals surface area contributed by atoms with Crippen LogP contribution in [0.3, 0.4) is 0 Å². The quantitative estimate of drug-likeness (QED) is 0.520. The molecule has 6 heteroatoms. The molecule has 0 aliphatic heterocycles. The minimum Gasteiger partial charge on any atom is -0.616 e. The summed E-state index contributed by atoms with van der Waals surface area (Å²) in [6.07, 6.45) is 0. The van der Waals surface area contributed by atoms with Crippen molar-refractivity contribution in [2.45, 2.75) is 6.92 Å². The minimum absolute atomic E-state index is 0.0880. The van der Waals surface area contributed by atoms with Gasteiger partial charge in [-0.3, -0.25) is 4.57 Å². The molecule has 2 unspecified atom stereocenters. The summed E-state index contributed by atoms with van der Waals surface area (Å²) in [5, 5.41) is 0. The van der Waals surface area contributed by atoms with Crippen molar-refractivity contribution in [2.24, 2.45) is 0 Å². The highest BCUT2D eigenvalue weighted by Gasteiger charge is 2.11. The van der Waals surface area contributed by atoms with Crippen LogP contribution in [0.15, 0.2) is 0 Å². The molecule has 0 aromatic carbocycles. The van der Waals surface area contributed by atoms with Crippen LogP contribution in [-0.2, 0) is 20.3 Å². The molecule has 4 nitrogen and oxygen atoms in total.